The van der Waals surface area contributed by atoms with E-state index < -0.39 is 0 Å². The molecule has 0 amide bonds. The number of rotatable bonds is 7. The summed E-state index contributed by atoms with van der Waals surface area (Å²) < 4.78 is 20.7. The maximum absolute atomic E-state index is 13.6. The summed E-state index contributed by atoms with van der Waals surface area (Å²) in [5.41, 5.74) is 2.41. The number of anilines is 1. The van der Waals surface area contributed by atoms with Crippen LogP contribution in [0.15, 0.2) is 24.5 Å². The van der Waals surface area contributed by atoms with Gasteiger partial charge in [-0.25, -0.2) is 9.37 Å². The molecule has 0 radical (unpaired) electrons. The van der Waals surface area contributed by atoms with Crippen LogP contribution in [0.2, 0.25) is 0 Å². The van der Waals surface area contributed by atoms with E-state index in [0.717, 1.165) is 31.1 Å². The Kier molecular flexibility index (Phi) is 5.33. The van der Waals surface area contributed by atoms with Crippen molar-refractivity contribution in [1.29, 1.82) is 0 Å². The van der Waals surface area contributed by atoms with E-state index in [4.69, 9.17) is 4.74 Å². The Hall–Kier alpha value is -1.88. The van der Waals surface area contributed by atoms with Gasteiger partial charge in [0.15, 0.2) is 0 Å². The molecule has 0 saturated carbocycles. The molecule has 0 fully saturated rings. The Morgan fingerprint density at radius 2 is 2.00 bits per heavy atom. The van der Waals surface area contributed by atoms with Gasteiger partial charge in [0.25, 0.3) is 0 Å². The van der Waals surface area contributed by atoms with Crippen molar-refractivity contribution in [2.45, 2.75) is 33.4 Å². The van der Waals surface area contributed by atoms with Gasteiger partial charge in [0, 0.05) is 39.2 Å². The van der Waals surface area contributed by atoms with Crippen LogP contribution in [0.5, 0.6) is 0 Å². The van der Waals surface area contributed by atoms with Crippen LogP contribution in [0.3, 0.4) is 0 Å². The molecule has 21 heavy (non-hydrogen) atoms. The van der Waals surface area contributed by atoms with Crippen molar-refractivity contribution in [3.05, 3.63) is 47.0 Å². The molecule has 0 spiro atoms. The molecule has 0 atom stereocenters. The van der Waals surface area contributed by atoms with Gasteiger partial charge < -0.3 is 14.6 Å². The molecule has 4 nitrogen and oxygen atoms in total. The SMILES string of the molecule is COCCCn1ccnc1NCc1cc(C)c(F)c(C)c1. The largest absolute Gasteiger partial charge is 0.385 e. The van der Waals surface area contributed by atoms with E-state index in [1.165, 1.54) is 0 Å². The maximum Gasteiger partial charge on any atom is 0.203 e. The molecule has 2 rings (SSSR count). The number of halogens is 1. The first-order valence-electron chi connectivity index (χ1n) is 7.11. The fraction of sp³-hybridized carbons (Fsp3) is 0.438. The van der Waals surface area contributed by atoms with Crippen LogP contribution < -0.4 is 5.32 Å². The summed E-state index contributed by atoms with van der Waals surface area (Å²) in [6, 6.07) is 3.74. The lowest BCUT2D eigenvalue weighted by atomic mass is 10.1. The molecule has 1 N–H and O–H groups in total. The van der Waals surface area contributed by atoms with Gasteiger partial charge in [0.2, 0.25) is 5.95 Å². The van der Waals surface area contributed by atoms with Crippen molar-refractivity contribution >= 4 is 5.95 Å². The third-order valence-electron chi connectivity index (χ3n) is 3.41. The predicted molar refractivity (Wildman–Crippen MR) is 81.9 cm³/mol. The van der Waals surface area contributed by atoms with Gasteiger partial charge in [0.1, 0.15) is 5.82 Å². The number of benzene rings is 1. The lowest BCUT2D eigenvalue weighted by molar-refractivity contribution is 0.190. The number of nitrogens with one attached hydrogen (secondary N) is 1. The van der Waals surface area contributed by atoms with Gasteiger partial charge >= 0.3 is 0 Å². The van der Waals surface area contributed by atoms with E-state index in [2.05, 4.69) is 14.9 Å². The minimum absolute atomic E-state index is 0.125. The van der Waals surface area contributed by atoms with Crippen LogP contribution >= 0.6 is 0 Å². The number of aryl methyl sites for hydroxylation is 3. The van der Waals surface area contributed by atoms with E-state index in [0.29, 0.717) is 17.7 Å². The van der Waals surface area contributed by atoms with Gasteiger partial charge in [-0.1, -0.05) is 12.1 Å². The molecular weight excluding hydrogens is 269 g/mol. The van der Waals surface area contributed by atoms with Crippen molar-refractivity contribution in [3.8, 4) is 0 Å². The molecule has 2 aromatic rings. The highest BCUT2D eigenvalue weighted by Gasteiger charge is 2.06. The van der Waals surface area contributed by atoms with E-state index >= 15 is 0 Å². The van der Waals surface area contributed by atoms with Gasteiger partial charge in [-0.15, -0.1) is 0 Å². The zero-order chi connectivity index (χ0) is 15.2. The van der Waals surface area contributed by atoms with Crippen molar-refractivity contribution in [2.75, 3.05) is 19.0 Å². The second-order valence-electron chi connectivity index (χ2n) is 5.19. The molecule has 0 unspecified atom stereocenters. The van der Waals surface area contributed by atoms with Crippen LogP contribution in [0.25, 0.3) is 0 Å². The molecule has 5 heteroatoms. The Morgan fingerprint density at radius 3 is 2.67 bits per heavy atom. The lowest BCUT2D eigenvalue weighted by Crippen LogP contribution is -2.09. The van der Waals surface area contributed by atoms with E-state index in [1.54, 1.807) is 27.2 Å². The lowest BCUT2D eigenvalue weighted by Gasteiger charge is -2.11. The summed E-state index contributed by atoms with van der Waals surface area (Å²) in [5, 5.41) is 3.30. The monoisotopic (exact) mass is 291 g/mol. The third-order valence-corrected chi connectivity index (χ3v) is 3.41. The molecule has 0 aliphatic rings. The quantitative estimate of drug-likeness (QED) is 0.796. The van der Waals surface area contributed by atoms with Crippen molar-refractivity contribution in [3.63, 3.8) is 0 Å². The molecule has 1 aromatic carbocycles. The Morgan fingerprint density at radius 1 is 1.29 bits per heavy atom. The number of ether oxygens (including phenoxy) is 1. The standard InChI is InChI=1S/C16H22FN3O/c1-12-9-14(10-13(2)15(12)17)11-19-16-18-5-7-20(16)6-4-8-21-3/h5,7,9-10H,4,6,8,11H2,1-3H3,(H,18,19). The zero-order valence-electron chi connectivity index (χ0n) is 12.8. The smallest absolute Gasteiger partial charge is 0.203 e. The molecular formula is C16H22FN3O. The van der Waals surface area contributed by atoms with Crippen LogP contribution in [0.4, 0.5) is 10.3 Å². The number of imidazole rings is 1. The molecule has 1 aromatic heterocycles. The molecule has 114 valence electrons. The summed E-state index contributed by atoms with van der Waals surface area (Å²) in [4.78, 5) is 4.31. The fourth-order valence-corrected chi connectivity index (χ4v) is 2.35. The molecule has 0 aliphatic carbocycles. The van der Waals surface area contributed by atoms with Crippen molar-refractivity contribution in [2.24, 2.45) is 0 Å². The second kappa shape index (κ2) is 7.22. The maximum atomic E-state index is 13.6. The van der Waals surface area contributed by atoms with Crippen molar-refractivity contribution < 1.29 is 9.13 Å². The van der Waals surface area contributed by atoms with Crippen LogP contribution in [-0.4, -0.2) is 23.3 Å². The highest BCUT2D eigenvalue weighted by molar-refractivity contribution is 5.34. The first-order chi connectivity index (χ1) is 10.1. The third kappa shape index (κ3) is 4.04. The topological polar surface area (TPSA) is 39.1 Å². The van der Waals surface area contributed by atoms with E-state index in [-0.39, 0.29) is 5.82 Å². The fourth-order valence-electron chi connectivity index (χ4n) is 2.35. The number of hydrogen-bond donors (Lipinski definition) is 1. The van der Waals surface area contributed by atoms with Gasteiger partial charge in [-0.2, -0.15) is 0 Å². The average molecular weight is 291 g/mol. The van der Waals surface area contributed by atoms with Gasteiger partial charge in [-0.3, -0.25) is 0 Å². The summed E-state index contributed by atoms with van der Waals surface area (Å²) >= 11 is 0. The van der Waals surface area contributed by atoms with Crippen LogP contribution in [-0.2, 0) is 17.8 Å². The summed E-state index contributed by atoms with van der Waals surface area (Å²) in [6.45, 7) is 5.80. The van der Waals surface area contributed by atoms with Crippen molar-refractivity contribution in [1.82, 2.24) is 9.55 Å². The van der Waals surface area contributed by atoms with Crippen LogP contribution in [0.1, 0.15) is 23.1 Å². The Balaban J connectivity index is 1.99. The van der Waals surface area contributed by atoms with Gasteiger partial charge in [-0.05, 0) is 37.0 Å². The minimum Gasteiger partial charge on any atom is -0.385 e. The molecule has 0 bridgehead atoms. The summed E-state index contributed by atoms with van der Waals surface area (Å²) in [7, 11) is 1.70. The first-order valence-corrected chi connectivity index (χ1v) is 7.11. The Bertz CT molecular complexity index is 572. The summed E-state index contributed by atoms with van der Waals surface area (Å²) in [5.74, 6) is 0.700. The first kappa shape index (κ1) is 15.5. The highest BCUT2D eigenvalue weighted by Crippen LogP contribution is 2.16. The summed E-state index contributed by atoms with van der Waals surface area (Å²) in [6.07, 6.45) is 4.66. The predicted octanol–water partition coefficient (Wildman–Crippen LogP) is 3.29. The number of hydrogen-bond acceptors (Lipinski definition) is 3. The number of aromatic nitrogens is 2. The zero-order valence-corrected chi connectivity index (χ0v) is 12.8. The van der Waals surface area contributed by atoms with Gasteiger partial charge in [0.05, 0.1) is 0 Å². The number of nitrogens with zero attached hydrogens (tertiary/aromatic N) is 2. The molecule has 0 saturated heterocycles. The van der Waals surface area contributed by atoms with E-state index in [9.17, 15) is 4.39 Å². The normalized spacial score (nSPS) is 10.9. The van der Waals surface area contributed by atoms with Crippen LogP contribution in [0, 0.1) is 19.7 Å². The molecule has 0 aliphatic heterocycles. The minimum atomic E-state index is -0.125. The van der Waals surface area contributed by atoms with E-state index in [1.807, 2.05) is 18.3 Å². The number of methoxy groups -OCH3 is 1. The Labute approximate surface area is 125 Å². The highest BCUT2D eigenvalue weighted by atomic mass is 19.1. The molecule has 1 heterocycles. The second-order valence-corrected chi connectivity index (χ2v) is 5.19. The average Bonchev–Trinajstić information content (AvgIpc) is 2.90.